The number of carboxylic acid groups (broad SMARTS) is 1. The van der Waals surface area contributed by atoms with Crippen LogP contribution in [0.5, 0.6) is 0 Å². The molecule has 1 heterocycles. The summed E-state index contributed by atoms with van der Waals surface area (Å²) in [7, 11) is 0. The summed E-state index contributed by atoms with van der Waals surface area (Å²) >= 11 is 1.23. The molecule has 4 nitrogen and oxygen atoms in total. The van der Waals surface area contributed by atoms with Crippen LogP contribution in [0.2, 0.25) is 0 Å². The Labute approximate surface area is 73.5 Å². The monoisotopic (exact) mass is 187 g/mol. The zero-order chi connectivity index (χ0) is 9.14. The van der Waals surface area contributed by atoms with Gasteiger partial charge in [-0.3, -0.25) is 4.84 Å². The molecule has 0 amide bonds. The Kier molecular flexibility index (Phi) is 2.80. The third kappa shape index (κ3) is 1.82. The zero-order valence-electron chi connectivity index (χ0n) is 6.53. The molecule has 0 spiro atoms. The average molecular weight is 187 g/mol. The summed E-state index contributed by atoms with van der Waals surface area (Å²) in [4.78, 5) is 16.2. The molecule has 12 heavy (non-hydrogen) atoms. The van der Waals surface area contributed by atoms with Gasteiger partial charge in [-0.15, -0.1) is 11.3 Å². The lowest BCUT2D eigenvalue weighted by molar-refractivity contribution is 0.0702. The maximum atomic E-state index is 10.5. The molecule has 0 bridgehead atoms. The van der Waals surface area contributed by atoms with Gasteiger partial charge in [0, 0.05) is 4.88 Å². The predicted octanol–water partition coefficient (Wildman–Crippen LogP) is 1.15. The molecule has 0 atom stereocenters. The van der Waals surface area contributed by atoms with E-state index in [0.29, 0.717) is 4.88 Å². The first-order valence-corrected chi connectivity index (χ1v) is 4.11. The number of aryl methyl sites for hydroxylation is 1. The SMILES string of the molecule is Cc1sc(C(=O)O)cc1CON. The molecule has 3 N–H and O–H groups in total. The number of hydrogen-bond donors (Lipinski definition) is 2. The van der Waals surface area contributed by atoms with E-state index in [-0.39, 0.29) is 6.61 Å². The Morgan fingerprint density at radius 1 is 1.83 bits per heavy atom. The minimum atomic E-state index is -0.911. The summed E-state index contributed by atoms with van der Waals surface area (Å²) < 4.78 is 0. The lowest BCUT2D eigenvalue weighted by Gasteiger charge is -1.93. The van der Waals surface area contributed by atoms with Crippen LogP contribution in [0.4, 0.5) is 0 Å². The maximum absolute atomic E-state index is 10.5. The van der Waals surface area contributed by atoms with Crippen molar-refractivity contribution in [1.29, 1.82) is 0 Å². The van der Waals surface area contributed by atoms with Gasteiger partial charge in [-0.25, -0.2) is 10.7 Å². The quantitative estimate of drug-likeness (QED) is 0.696. The first kappa shape index (κ1) is 9.18. The fourth-order valence-electron chi connectivity index (χ4n) is 0.858. The molecule has 5 heteroatoms. The molecule has 0 saturated heterocycles. The van der Waals surface area contributed by atoms with Crippen molar-refractivity contribution in [2.24, 2.45) is 5.90 Å². The van der Waals surface area contributed by atoms with Gasteiger partial charge in [0.15, 0.2) is 0 Å². The van der Waals surface area contributed by atoms with Crippen LogP contribution in [-0.4, -0.2) is 11.1 Å². The number of nitrogens with two attached hydrogens (primary N) is 1. The lowest BCUT2D eigenvalue weighted by atomic mass is 10.2. The number of hydrogen-bond acceptors (Lipinski definition) is 4. The molecule has 1 aromatic rings. The van der Waals surface area contributed by atoms with Crippen molar-refractivity contribution in [3.8, 4) is 0 Å². The molecular formula is C7H9NO3S. The maximum Gasteiger partial charge on any atom is 0.345 e. The van der Waals surface area contributed by atoms with Crippen molar-refractivity contribution >= 4 is 17.3 Å². The predicted molar refractivity (Wildman–Crippen MR) is 45.0 cm³/mol. The molecule has 0 aromatic carbocycles. The number of thiophene rings is 1. The van der Waals surface area contributed by atoms with E-state index in [1.54, 1.807) is 6.07 Å². The smallest absolute Gasteiger partial charge is 0.345 e. The first-order valence-electron chi connectivity index (χ1n) is 3.29. The van der Waals surface area contributed by atoms with Gasteiger partial charge >= 0.3 is 5.97 Å². The van der Waals surface area contributed by atoms with Gasteiger partial charge in [0.1, 0.15) is 4.88 Å². The molecule has 1 aromatic heterocycles. The van der Waals surface area contributed by atoms with Crippen LogP contribution in [0, 0.1) is 6.92 Å². The van der Waals surface area contributed by atoms with E-state index in [4.69, 9.17) is 11.0 Å². The number of carboxylic acids is 1. The van der Waals surface area contributed by atoms with Crippen molar-refractivity contribution < 1.29 is 14.7 Å². The standard InChI is InChI=1S/C7H9NO3S/c1-4-5(3-11-8)2-6(12-4)7(9)10/h2H,3,8H2,1H3,(H,9,10). The minimum absolute atomic E-state index is 0.260. The fourth-order valence-corrected chi connectivity index (χ4v) is 1.73. The highest BCUT2D eigenvalue weighted by Gasteiger charge is 2.10. The van der Waals surface area contributed by atoms with Crippen molar-refractivity contribution in [2.45, 2.75) is 13.5 Å². The molecular weight excluding hydrogens is 178 g/mol. The van der Waals surface area contributed by atoms with E-state index in [1.165, 1.54) is 11.3 Å². The summed E-state index contributed by atoms with van der Waals surface area (Å²) in [6.07, 6.45) is 0. The second-order valence-corrected chi connectivity index (χ2v) is 3.56. The van der Waals surface area contributed by atoms with Crippen LogP contribution in [-0.2, 0) is 11.4 Å². The van der Waals surface area contributed by atoms with Crippen LogP contribution in [0.15, 0.2) is 6.07 Å². The summed E-state index contributed by atoms with van der Waals surface area (Å²) in [5.74, 6) is 3.96. The van der Waals surface area contributed by atoms with Gasteiger partial charge in [-0.2, -0.15) is 0 Å². The molecule has 66 valence electrons. The van der Waals surface area contributed by atoms with E-state index in [9.17, 15) is 4.79 Å². The van der Waals surface area contributed by atoms with Gasteiger partial charge in [-0.1, -0.05) is 0 Å². The van der Waals surface area contributed by atoms with E-state index in [0.717, 1.165) is 10.4 Å². The van der Waals surface area contributed by atoms with Crippen LogP contribution < -0.4 is 5.90 Å². The van der Waals surface area contributed by atoms with Gasteiger partial charge in [0.25, 0.3) is 0 Å². The lowest BCUT2D eigenvalue weighted by Crippen LogP contribution is -1.98. The van der Waals surface area contributed by atoms with Crippen LogP contribution in [0.3, 0.4) is 0 Å². The minimum Gasteiger partial charge on any atom is -0.477 e. The van der Waals surface area contributed by atoms with Crippen LogP contribution in [0.1, 0.15) is 20.1 Å². The normalized spacial score (nSPS) is 10.2. The highest BCUT2D eigenvalue weighted by Crippen LogP contribution is 2.21. The Morgan fingerprint density at radius 3 is 2.92 bits per heavy atom. The topological polar surface area (TPSA) is 72.5 Å². The molecule has 0 aliphatic heterocycles. The van der Waals surface area contributed by atoms with Crippen molar-refractivity contribution in [3.05, 3.63) is 21.4 Å². The Balaban J connectivity index is 2.92. The third-order valence-corrected chi connectivity index (χ3v) is 2.55. The largest absolute Gasteiger partial charge is 0.477 e. The van der Waals surface area contributed by atoms with Gasteiger partial charge < -0.3 is 5.11 Å². The Morgan fingerprint density at radius 2 is 2.50 bits per heavy atom. The van der Waals surface area contributed by atoms with Gasteiger partial charge in [0.05, 0.1) is 6.61 Å². The average Bonchev–Trinajstić information content (AvgIpc) is 2.34. The summed E-state index contributed by atoms with van der Waals surface area (Å²) in [6.45, 7) is 2.10. The highest BCUT2D eigenvalue weighted by atomic mass is 32.1. The van der Waals surface area contributed by atoms with Gasteiger partial charge in [0.2, 0.25) is 0 Å². The number of carbonyl (C=O) groups is 1. The number of aromatic carboxylic acids is 1. The second kappa shape index (κ2) is 3.66. The molecule has 0 fully saturated rings. The van der Waals surface area contributed by atoms with E-state index >= 15 is 0 Å². The summed E-state index contributed by atoms with van der Waals surface area (Å²) in [5, 5.41) is 8.63. The summed E-state index contributed by atoms with van der Waals surface area (Å²) in [6, 6.07) is 1.58. The highest BCUT2D eigenvalue weighted by molar-refractivity contribution is 7.14. The van der Waals surface area contributed by atoms with Crippen LogP contribution in [0.25, 0.3) is 0 Å². The molecule has 0 saturated carbocycles. The zero-order valence-corrected chi connectivity index (χ0v) is 7.35. The van der Waals surface area contributed by atoms with E-state index in [2.05, 4.69) is 4.84 Å². The summed E-state index contributed by atoms with van der Waals surface area (Å²) in [5.41, 5.74) is 0.833. The molecule has 0 aliphatic carbocycles. The Hall–Kier alpha value is -0.910. The Bertz CT molecular complexity index is 295. The van der Waals surface area contributed by atoms with E-state index in [1.807, 2.05) is 6.92 Å². The molecule has 1 rings (SSSR count). The van der Waals surface area contributed by atoms with E-state index < -0.39 is 5.97 Å². The molecule has 0 unspecified atom stereocenters. The molecule has 0 radical (unpaired) electrons. The molecule has 0 aliphatic rings. The van der Waals surface area contributed by atoms with Crippen LogP contribution >= 0.6 is 11.3 Å². The van der Waals surface area contributed by atoms with Crippen molar-refractivity contribution in [3.63, 3.8) is 0 Å². The first-order chi connectivity index (χ1) is 5.65. The fraction of sp³-hybridized carbons (Fsp3) is 0.286. The third-order valence-electron chi connectivity index (χ3n) is 1.47. The van der Waals surface area contributed by atoms with Crippen molar-refractivity contribution in [2.75, 3.05) is 0 Å². The van der Waals surface area contributed by atoms with Gasteiger partial charge in [-0.05, 0) is 18.6 Å². The second-order valence-electron chi connectivity index (χ2n) is 2.31. The number of rotatable bonds is 3. The van der Waals surface area contributed by atoms with Crippen molar-refractivity contribution in [1.82, 2.24) is 0 Å².